The molecule has 0 spiro atoms. The lowest BCUT2D eigenvalue weighted by atomic mass is 9.83. The predicted molar refractivity (Wildman–Crippen MR) is 97.4 cm³/mol. The molecule has 118 valence electrons. The van der Waals surface area contributed by atoms with E-state index in [4.69, 9.17) is 0 Å². The molecule has 0 aliphatic carbocycles. The lowest BCUT2D eigenvalue weighted by Gasteiger charge is -2.41. The molecule has 2 saturated heterocycles. The summed E-state index contributed by atoms with van der Waals surface area (Å²) in [5.41, 5.74) is 5.89. The van der Waals surface area contributed by atoms with E-state index in [1.807, 2.05) is 0 Å². The summed E-state index contributed by atoms with van der Waals surface area (Å²) in [6.45, 7) is 2.55. The zero-order valence-corrected chi connectivity index (χ0v) is 13.7. The van der Waals surface area contributed by atoms with Crippen LogP contribution in [0.3, 0.4) is 0 Å². The first-order chi connectivity index (χ1) is 11.4. The van der Waals surface area contributed by atoms with Gasteiger partial charge < -0.3 is 0 Å². The van der Waals surface area contributed by atoms with Gasteiger partial charge in [-0.25, -0.2) is 0 Å². The Morgan fingerprint density at radius 1 is 0.783 bits per heavy atom. The summed E-state index contributed by atoms with van der Waals surface area (Å²) in [6.07, 6.45) is 6.63. The van der Waals surface area contributed by atoms with Crippen molar-refractivity contribution in [1.82, 2.24) is 4.90 Å². The maximum Gasteiger partial charge on any atom is 0.0133 e. The van der Waals surface area contributed by atoms with Gasteiger partial charge in [-0.2, -0.15) is 0 Å². The molecular formula is C22H25N. The molecule has 2 aromatic rings. The molecule has 0 bridgehead atoms. The second-order valence-corrected chi connectivity index (χ2v) is 6.85. The summed E-state index contributed by atoms with van der Waals surface area (Å²) >= 11 is 0. The van der Waals surface area contributed by atoms with Gasteiger partial charge in [-0.15, -0.1) is 0 Å². The Kier molecular flexibility index (Phi) is 4.30. The largest absolute Gasteiger partial charge is 0.300 e. The van der Waals surface area contributed by atoms with Gasteiger partial charge in [-0.05, 0) is 48.9 Å². The fourth-order valence-corrected chi connectivity index (χ4v) is 4.26. The Morgan fingerprint density at radius 3 is 2.09 bits per heavy atom. The number of hydrogen-bond acceptors (Lipinski definition) is 1. The van der Waals surface area contributed by atoms with Crippen molar-refractivity contribution in [2.45, 2.75) is 38.1 Å². The summed E-state index contributed by atoms with van der Waals surface area (Å²) in [5.74, 6) is 0. The monoisotopic (exact) mass is 303 g/mol. The SMILES string of the molecule is c1ccc(C(=C2CCN3CCCCC3C2)c2ccccc2)cc1. The standard InChI is InChI=1S/C22H25N/c1-3-9-18(10-4-1)22(19-11-5-2-6-12-19)20-14-16-23-15-8-7-13-21(23)17-20/h1-6,9-12,21H,7-8,13-17H2. The maximum absolute atomic E-state index is 2.72. The van der Waals surface area contributed by atoms with Crippen molar-refractivity contribution in [2.24, 2.45) is 0 Å². The molecule has 1 unspecified atom stereocenters. The van der Waals surface area contributed by atoms with Crippen molar-refractivity contribution in [1.29, 1.82) is 0 Å². The molecule has 0 saturated carbocycles. The molecular weight excluding hydrogens is 278 g/mol. The minimum atomic E-state index is 0.773. The van der Waals surface area contributed by atoms with Crippen LogP contribution in [0.25, 0.3) is 5.57 Å². The van der Waals surface area contributed by atoms with Gasteiger partial charge in [0.05, 0.1) is 0 Å². The number of fused-ring (bicyclic) bond motifs is 1. The Bertz CT molecular complexity index is 630. The quantitative estimate of drug-likeness (QED) is 0.743. The van der Waals surface area contributed by atoms with E-state index < -0.39 is 0 Å². The molecule has 2 heterocycles. The van der Waals surface area contributed by atoms with Gasteiger partial charge in [-0.3, -0.25) is 4.90 Å². The molecule has 1 nitrogen and oxygen atoms in total. The topological polar surface area (TPSA) is 3.24 Å². The van der Waals surface area contributed by atoms with E-state index in [-0.39, 0.29) is 0 Å². The average Bonchev–Trinajstić information content (AvgIpc) is 2.64. The minimum absolute atomic E-state index is 0.773. The van der Waals surface area contributed by atoms with E-state index in [0.717, 1.165) is 6.04 Å². The highest BCUT2D eigenvalue weighted by atomic mass is 15.2. The lowest BCUT2D eigenvalue weighted by molar-refractivity contribution is 0.130. The van der Waals surface area contributed by atoms with Gasteiger partial charge in [-0.1, -0.05) is 72.7 Å². The molecule has 2 aliphatic rings. The molecule has 2 aliphatic heterocycles. The number of rotatable bonds is 2. The first-order valence-electron chi connectivity index (χ1n) is 8.99. The van der Waals surface area contributed by atoms with Gasteiger partial charge >= 0.3 is 0 Å². The third kappa shape index (κ3) is 3.11. The molecule has 1 atom stereocenters. The second-order valence-electron chi connectivity index (χ2n) is 6.85. The first-order valence-corrected chi connectivity index (χ1v) is 8.99. The highest BCUT2D eigenvalue weighted by molar-refractivity contribution is 5.82. The average molecular weight is 303 g/mol. The summed E-state index contributed by atoms with van der Waals surface area (Å²) in [7, 11) is 0. The van der Waals surface area contributed by atoms with E-state index in [1.54, 1.807) is 5.57 Å². The number of piperidine rings is 2. The van der Waals surface area contributed by atoms with Gasteiger partial charge in [0.25, 0.3) is 0 Å². The normalized spacial score (nSPS) is 21.7. The van der Waals surface area contributed by atoms with Crippen LogP contribution in [0.2, 0.25) is 0 Å². The Morgan fingerprint density at radius 2 is 1.43 bits per heavy atom. The molecule has 4 rings (SSSR count). The Balaban J connectivity index is 1.75. The molecule has 0 radical (unpaired) electrons. The molecule has 2 aromatic carbocycles. The highest BCUT2D eigenvalue weighted by Crippen LogP contribution is 2.36. The number of hydrogen-bond donors (Lipinski definition) is 0. The van der Waals surface area contributed by atoms with Crippen LogP contribution in [0.1, 0.15) is 43.2 Å². The van der Waals surface area contributed by atoms with Crippen molar-refractivity contribution in [3.8, 4) is 0 Å². The summed E-state index contributed by atoms with van der Waals surface area (Å²) in [4.78, 5) is 2.72. The minimum Gasteiger partial charge on any atom is -0.300 e. The van der Waals surface area contributed by atoms with Gasteiger partial charge in [0.2, 0.25) is 0 Å². The Hall–Kier alpha value is -1.86. The number of nitrogens with zero attached hydrogens (tertiary/aromatic N) is 1. The van der Waals surface area contributed by atoms with Crippen LogP contribution in [0.5, 0.6) is 0 Å². The van der Waals surface area contributed by atoms with Crippen LogP contribution in [0.4, 0.5) is 0 Å². The van der Waals surface area contributed by atoms with E-state index >= 15 is 0 Å². The molecule has 23 heavy (non-hydrogen) atoms. The van der Waals surface area contributed by atoms with Crippen LogP contribution in [0.15, 0.2) is 66.2 Å². The van der Waals surface area contributed by atoms with Crippen molar-refractivity contribution in [2.75, 3.05) is 13.1 Å². The van der Waals surface area contributed by atoms with E-state index in [0.29, 0.717) is 0 Å². The molecule has 1 heteroatoms. The van der Waals surface area contributed by atoms with Crippen LogP contribution in [-0.2, 0) is 0 Å². The van der Waals surface area contributed by atoms with Crippen molar-refractivity contribution < 1.29 is 0 Å². The summed E-state index contributed by atoms with van der Waals surface area (Å²) < 4.78 is 0. The molecule has 0 amide bonds. The maximum atomic E-state index is 2.72. The zero-order valence-electron chi connectivity index (χ0n) is 13.7. The van der Waals surface area contributed by atoms with Crippen LogP contribution >= 0.6 is 0 Å². The smallest absolute Gasteiger partial charge is 0.0133 e. The lowest BCUT2D eigenvalue weighted by Crippen LogP contribution is -2.43. The van der Waals surface area contributed by atoms with Crippen molar-refractivity contribution >= 4 is 5.57 Å². The van der Waals surface area contributed by atoms with Gasteiger partial charge in [0, 0.05) is 12.6 Å². The Labute approximate surface area is 139 Å². The van der Waals surface area contributed by atoms with Gasteiger partial charge in [0.15, 0.2) is 0 Å². The van der Waals surface area contributed by atoms with Crippen molar-refractivity contribution in [3.05, 3.63) is 77.4 Å². The number of benzene rings is 2. The fourth-order valence-electron chi connectivity index (χ4n) is 4.26. The third-order valence-electron chi connectivity index (χ3n) is 5.41. The van der Waals surface area contributed by atoms with Crippen LogP contribution in [-0.4, -0.2) is 24.0 Å². The zero-order chi connectivity index (χ0) is 15.5. The molecule has 0 aromatic heterocycles. The summed E-state index contributed by atoms with van der Waals surface area (Å²) in [5, 5.41) is 0. The van der Waals surface area contributed by atoms with Crippen LogP contribution in [0, 0.1) is 0 Å². The highest BCUT2D eigenvalue weighted by Gasteiger charge is 2.28. The predicted octanol–water partition coefficient (Wildman–Crippen LogP) is 5.14. The van der Waals surface area contributed by atoms with Gasteiger partial charge in [0.1, 0.15) is 0 Å². The first kappa shape index (κ1) is 14.7. The van der Waals surface area contributed by atoms with E-state index in [9.17, 15) is 0 Å². The third-order valence-corrected chi connectivity index (χ3v) is 5.41. The van der Waals surface area contributed by atoms with Crippen LogP contribution < -0.4 is 0 Å². The second kappa shape index (κ2) is 6.72. The summed E-state index contributed by atoms with van der Waals surface area (Å²) in [6, 6.07) is 22.7. The molecule has 2 fully saturated rings. The van der Waals surface area contributed by atoms with E-state index in [2.05, 4.69) is 65.6 Å². The van der Waals surface area contributed by atoms with E-state index in [1.165, 1.54) is 61.9 Å². The van der Waals surface area contributed by atoms with Crippen molar-refractivity contribution in [3.63, 3.8) is 0 Å². The fraction of sp³-hybridized carbons (Fsp3) is 0.364. The molecule has 0 N–H and O–H groups in total.